The first-order valence-electron chi connectivity index (χ1n) is 7.42. The monoisotopic (exact) mass is 294 g/mol. The topological polar surface area (TPSA) is 45.5 Å². The molecule has 5 heteroatoms. The van der Waals surface area contributed by atoms with Gasteiger partial charge in [-0.05, 0) is 56.5 Å². The Morgan fingerprint density at radius 1 is 1.35 bits per heavy atom. The van der Waals surface area contributed by atoms with Crippen molar-refractivity contribution in [1.29, 1.82) is 0 Å². The van der Waals surface area contributed by atoms with Crippen LogP contribution in [0, 0.1) is 5.92 Å². The number of rotatable bonds is 5. The summed E-state index contributed by atoms with van der Waals surface area (Å²) in [6.07, 6.45) is 6.83. The van der Waals surface area contributed by atoms with Gasteiger partial charge >= 0.3 is 0 Å². The zero-order chi connectivity index (χ0) is 13.9. The maximum atomic E-state index is 12.3. The lowest BCUT2D eigenvalue weighted by atomic mass is 10.0. The molecule has 1 N–H and O–H groups in total. The van der Waals surface area contributed by atoms with Crippen molar-refractivity contribution in [2.75, 3.05) is 25.9 Å². The third kappa shape index (κ3) is 3.38. The van der Waals surface area contributed by atoms with E-state index < -0.39 is 0 Å². The van der Waals surface area contributed by atoms with Crippen molar-refractivity contribution in [2.24, 2.45) is 5.92 Å². The molecule has 1 saturated carbocycles. The van der Waals surface area contributed by atoms with E-state index in [2.05, 4.69) is 5.32 Å². The van der Waals surface area contributed by atoms with Gasteiger partial charge in [0.1, 0.15) is 0 Å². The predicted molar refractivity (Wildman–Crippen MR) is 80.1 cm³/mol. The summed E-state index contributed by atoms with van der Waals surface area (Å²) >= 11 is 1.52. The molecule has 110 valence electrons. The Labute approximate surface area is 124 Å². The van der Waals surface area contributed by atoms with E-state index in [0.717, 1.165) is 43.5 Å². The molecule has 2 fully saturated rings. The first kappa shape index (κ1) is 14.0. The number of thioether (sulfide) groups is 1. The van der Waals surface area contributed by atoms with Crippen LogP contribution in [0.15, 0.2) is 21.6 Å². The number of carbonyl (C=O) groups excluding carboxylic acids is 1. The average molecular weight is 294 g/mol. The van der Waals surface area contributed by atoms with Gasteiger partial charge in [-0.25, -0.2) is 0 Å². The van der Waals surface area contributed by atoms with Crippen molar-refractivity contribution in [2.45, 2.75) is 36.8 Å². The standard InChI is InChI=1S/C15H22N2O2S/c1-20-14-5-4-13(19-14)15(18)17-8-6-12(7-9-17)16-10-11-2-3-11/h4-5,11-12,16H,2-3,6-10H2,1H3. The molecular formula is C15H22N2O2S. The molecule has 2 aliphatic rings. The van der Waals surface area contributed by atoms with Gasteiger partial charge in [-0.15, -0.1) is 0 Å². The molecule has 1 amide bonds. The van der Waals surface area contributed by atoms with Crippen LogP contribution < -0.4 is 5.32 Å². The highest BCUT2D eigenvalue weighted by Crippen LogP contribution is 2.28. The van der Waals surface area contributed by atoms with Crippen LogP contribution in [0.1, 0.15) is 36.2 Å². The number of nitrogens with one attached hydrogen (secondary N) is 1. The summed E-state index contributed by atoms with van der Waals surface area (Å²) in [4.78, 5) is 14.2. The summed E-state index contributed by atoms with van der Waals surface area (Å²) in [6, 6.07) is 4.23. The highest BCUT2D eigenvalue weighted by Gasteiger charge is 2.27. The Bertz CT molecular complexity index is 462. The first-order chi connectivity index (χ1) is 9.76. The van der Waals surface area contributed by atoms with Gasteiger partial charge in [-0.3, -0.25) is 4.79 Å². The first-order valence-corrected chi connectivity index (χ1v) is 8.65. The minimum Gasteiger partial charge on any atom is -0.445 e. The van der Waals surface area contributed by atoms with E-state index >= 15 is 0 Å². The average Bonchev–Trinajstić information content (AvgIpc) is 3.20. The Morgan fingerprint density at radius 2 is 2.10 bits per heavy atom. The number of likely N-dealkylation sites (tertiary alicyclic amines) is 1. The molecule has 3 rings (SSSR count). The lowest BCUT2D eigenvalue weighted by molar-refractivity contribution is 0.0667. The molecule has 0 radical (unpaired) electrons. The molecule has 1 aromatic heterocycles. The van der Waals surface area contributed by atoms with Crippen LogP contribution in [-0.2, 0) is 0 Å². The van der Waals surface area contributed by atoms with E-state index in [9.17, 15) is 4.79 Å². The van der Waals surface area contributed by atoms with Crippen LogP contribution in [0.25, 0.3) is 0 Å². The van der Waals surface area contributed by atoms with Crippen molar-refractivity contribution >= 4 is 17.7 Å². The maximum Gasteiger partial charge on any atom is 0.289 e. The molecule has 0 bridgehead atoms. The molecular weight excluding hydrogens is 272 g/mol. The minimum absolute atomic E-state index is 0.0333. The van der Waals surface area contributed by atoms with Crippen LogP contribution in [0.4, 0.5) is 0 Å². The number of furan rings is 1. The van der Waals surface area contributed by atoms with E-state index in [4.69, 9.17) is 4.42 Å². The van der Waals surface area contributed by atoms with E-state index in [1.54, 1.807) is 6.07 Å². The molecule has 0 unspecified atom stereocenters. The number of hydrogen-bond donors (Lipinski definition) is 1. The fourth-order valence-corrected chi connectivity index (χ4v) is 3.02. The highest BCUT2D eigenvalue weighted by molar-refractivity contribution is 7.98. The molecule has 4 nitrogen and oxygen atoms in total. The van der Waals surface area contributed by atoms with Crippen molar-refractivity contribution in [3.63, 3.8) is 0 Å². The summed E-state index contributed by atoms with van der Waals surface area (Å²) in [6.45, 7) is 2.82. The molecule has 0 spiro atoms. The van der Waals surface area contributed by atoms with Gasteiger partial charge in [-0.2, -0.15) is 0 Å². The van der Waals surface area contributed by atoms with E-state index in [1.807, 2.05) is 17.2 Å². The molecule has 20 heavy (non-hydrogen) atoms. The molecule has 1 aliphatic heterocycles. The number of carbonyl (C=O) groups is 1. The summed E-state index contributed by atoms with van der Waals surface area (Å²) in [5.74, 6) is 1.42. The number of hydrogen-bond acceptors (Lipinski definition) is 4. The van der Waals surface area contributed by atoms with Crippen LogP contribution in [0.2, 0.25) is 0 Å². The summed E-state index contributed by atoms with van der Waals surface area (Å²) < 4.78 is 5.52. The molecule has 1 aliphatic carbocycles. The quantitative estimate of drug-likeness (QED) is 0.848. The van der Waals surface area contributed by atoms with Gasteiger partial charge in [0.25, 0.3) is 5.91 Å². The van der Waals surface area contributed by atoms with E-state index in [1.165, 1.54) is 24.6 Å². The van der Waals surface area contributed by atoms with E-state index in [0.29, 0.717) is 11.8 Å². The number of piperidine rings is 1. The van der Waals surface area contributed by atoms with Crippen molar-refractivity contribution in [3.8, 4) is 0 Å². The second-order valence-electron chi connectivity index (χ2n) is 5.74. The minimum atomic E-state index is 0.0333. The number of amides is 1. The van der Waals surface area contributed by atoms with Gasteiger partial charge in [-0.1, -0.05) is 11.8 Å². The zero-order valence-corrected chi connectivity index (χ0v) is 12.7. The van der Waals surface area contributed by atoms with Crippen LogP contribution in [0.5, 0.6) is 0 Å². The predicted octanol–water partition coefficient (Wildman–Crippen LogP) is 2.61. The summed E-state index contributed by atoms with van der Waals surface area (Å²) in [5, 5.41) is 4.43. The fourth-order valence-electron chi connectivity index (χ4n) is 2.64. The normalized spacial score (nSPS) is 20.4. The number of nitrogens with zero attached hydrogens (tertiary/aromatic N) is 1. The van der Waals surface area contributed by atoms with Crippen molar-refractivity contribution < 1.29 is 9.21 Å². The zero-order valence-electron chi connectivity index (χ0n) is 11.9. The Kier molecular flexibility index (Phi) is 4.36. The summed E-state index contributed by atoms with van der Waals surface area (Å²) in [5.41, 5.74) is 0. The third-order valence-corrected chi connectivity index (χ3v) is 4.79. The lowest BCUT2D eigenvalue weighted by Crippen LogP contribution is -2.45. The van der Waals surface area contributed by atoms with Crippen LogP contribution >= 0.6 is 11.8 Å². The maximum absolute atomic E-state index is 12.3. The second-order valence-corrected chi connectivity index (χ2v) is 6.55. The van der Waals surface area contributed by atoms with Gasteiger partial charge < -0.3 is 14.6 Å². The van der Waals surface area contributed by atoms with Gasteiger partial charge in [0, 0.05) is 19.1 Å². The molecule has 0 atom stereocenters. The lowest BCUT2D eigenvalue weighted by Gasteiger charge is -2.32. The smallest absolute Gasteiger partial charge is 0.289 e. The SMILES string of the molecule is CSc1ccc(C(=O)N2CCC(NCC3CC3)CC2)o1. The van der Waals surface area contributed by atoms with Gasteiger partial charge in [0.05, 0.1) is 0 Å². The van der Waals surface area contributed by atoms with Crippen molar-refractivity contribution in [3.05, 3.63) is 17.9 Å². The summed E-state index contributed by atoms with van der Waals surface area (Å²) in [7, 11) is 0. The van der Waals surface area contributed by atoms with E-state index in [-0.39, 0.29) is 5.91 Å². The molecule has 0 aromatic carbocycles. The van der Waals surface area contributed by atoms with Gasteiger partial charge in [0.15, 0.2) is 10.9 Å². The molecule has 1 aromatic rings. The second kappa shape index (κ2) is 6.22. The van der Waals surface area contributed by atoms with Crippen LogP contribution in [-0.4, -0.2) is 42.7 Å². The highest BCUT2D eigenvalue weighted by atomic mass is 32.2. The molecule has 1 saturated heterocycles. The molecule has 2 heterocycles. The van der Waals surface area contributed by atoms with Crippen LogP contribution in [0.3, 0.4) is 0 Å². The largest absolute Gasteiger partial charge is 0.445 e. The fraction of sp³-hybridized carbons (Fsp3) is 0.667. The Hall–Kier alpha value is -0.940. The van der Waals surface area contributed by atoms with Crippen molar-refractivity contribution in [1.82, 2.24) is 10.2 Å². The third-order valence-electron chi connectivity index (χ3n) is 4.17. The Morgan fingerprint density at radius 3 is 2.70 bits per heavy atom. The Balaban J connectivity index is 1.47. The van der Waals surface area contributed by atoms with Gasteiger partial charge in [0.2, 0.25) is 0 Å².